The van der Waals surface area contributed by atoms with Crippen LogP contribution in [-0.4, -0.2) is 9.49 Å². The molecule has 1 fully saturated rings. The highest BCUT2D eigenvalue weighted by molar-refractivity contribution is 7.07. The molecule has 1 aromatic heterocycles. The van der Waals surface area contributed by atoms with Crippen molar-refractivity contribution in [2.24, 2.45) is 16.8 Å². The second kappa shape index (κ2) is 8.52. The Labute approximate surface area is 178 Å². The fourth-order valence-corrected chi connectivity index (χ4v) is 5.25. The summed E-state index contributed by atoms with van der Waals surface area (Å²) >= 11 is 1.47. The first-order valence-corrected chi connectivity index (χ1v) is 11.1. The van der Waals surface area contributed by atoms with Gasteiger partial charge in [-0.2, -0.15) is 0 Å². The standard InChI is InChI=1S/C23H24FN3O2S/c1-15-6-5-9-20(16(15)2)26-22(17-10-12-18(24)13-11-17)14-30-23(26)25-19-7-3-4-8-21(19)27(28)29/h3-4,7-8,10-16,20H,5-6,9H2,1-2H3. The van der Waals surface area contributed by atoms with Crippen molar-refractivity contribution in [3.05, 3.63) is 74.6 Å². The Balaban J connectivity index is 1.92. The molecule has 1 aliphatic rings. The van der Waals surface area contributed by atoms with Crippen LogP contribution in [0, 0.1) is 27.8 Å². The summed E-state index contributed by atoms with van der Waals surface area (Å²) in [5, 5.41) is 13.5. The minimum Gasteiger partial charge on any atom is -0.313 e. The summed E-state index contributed by atoms with van der Waals surface area (Å²) in [4.78, 5) is 16.5. The number of thiazole rings is 1. The van der Waals surface area contributed by atoms with Crippen LogP contribution in [-0.2, 0) is 0 Å². The van der Waals surface area contributed by atoms with Crippen LogP contribution in [0.15, 0.2) is 58.9 Å². The topological polar surface area (TPSA) is 60.4 Å². The molecule has 1 aliphatic carbocycles. The second-order valence-corrected chi connectivity index (χ2v) is 8.81. The maximum absolute atomic E-state index is 13.5. The first-order valence-electron chi connectivity index (χ1n) is 10.2. The zero-order valence-electron chi connectivity index (χ0n) is 17.0. The molecule has 0 amide bonds. The van der Waals surface area contributed by atoms with Gasteiger partial charge in [-0.05, 0) is 54.2 Å². The van der Waals surface area contributed by atoms with Crippen LogP contribution >= 0.6 is 11.3 Å². The molecular weight excluding hydrogens is 401 g/mol. The number of benzene rings is 2. The molecule has 4 rings (SSSR count). The molecule has 0 radical (unpaired) electrons. The van der Waals surface area contributed by atoms with Crippen molar-refractivity contribution in [2.45, 2.75) is 39.2 Å². The van der Waals surface area contributed by atoms with Gasteiger partial charge < -0.3 is 4.57 Å². The van der Waals surface area contributed by atoms with Crippen molar-refractivity contribution in [3.63, 3.8) is 0 Å². The fraction of sp³-hybridized carbons (Fsp3) is 0.348. The van der Waals surface area contributed by atoms with Crippen LogP contribution < -0.4 is 4.80 Å². The lowest BCUT2D eigenvalue weighted by molar-refractivity contribution is -0.384. The Morgan fingerprint density at radius 2 is 1.87 bits per heavy atom. The molecule has 0 spiro atoms. The molecule has 2 aromatic carbocycles. The van der Waals surface area contributed by atoms with E-state index in [1.807, 2.05) is 5.38 Å². The SMILES string of the molecule is CC1CCCC(n2c(-c3ccc(F)cc3)csc2=Nc2ccccc2[N+](=O)[O-])C1C. The molecule has 3 unspecified atom stereocenters. The van der Waals surface area contributed by atoms with Crippen molar-refractivity contribution in [1.29, 1.82) is 0 Å². The number of nitro benzene ring substituents is 1. The molecule has 7 heteroatoms. The van der Waals surface area contributed by atoms with Gasteiger partial charge in [0.15, 0.2) is 4.80 Å². The van der Waals surface area contributed by atoms with E-state index < -0.39 is 4.92 Å². The number of nitro groups is 1. The Morgan fingerprint density at radius 3 is 2.60 bits per heavy atom. The first kappa shape index (κ1) is 20.5. The molecule has 1 heterocycles. The Kier molecular flexibility index (Phi) is 5.81. The lowest BCUT2D eigenvalue weighted by Gasteiger charge is -2.36. The van der Waals surface area contributed by atoms with Gasteiger partial charge in [-0.3, -0.25) is 10.1 Å². The summed E-state index contributed by atoms with van der Waals surface area (Å²) in [7, 11) is 0. The van der Waals surface area contributed by atoms with Gasteiger partial charge in [0, 0.05) is 17.5 Å². The van der Waals surface area contributed by atoms with E-state index in [2.05, 4.69) is 18.4 Å². The number of para-hydroxylation sites is 2. The zero-order chi connectivity index (χ0) is 21.3. The largest absolute Gasteiger partial charge is 0.313 e. The van der Waals surface area contributed by atoms with Crippen molar-refractivity contribution in [1.82, 2.24) is 4.57 Å². The number of aromatic nitrogens is 1. The van der Waals surface area contributed by atoms with Crippen LogP contribution in [0.25, 0.3) is 11.3 Å². The minimum absolute atomic E-state index is 0.00848. The van der Waals surface area contributed by atoms with Gasteiger partial charge in [0.25, 0.3) is 5.69 Å². The van der Waals surface area contributed by atoms with E-state index in [0.717, 1.165) is 28.9 Å². The lowest BCUT2D eigenvalue weighted by atomic mass is 9.78. The van der Waals surface area contributed by atoms with E-state index in [1.54, 1.807) is 30.3 Å². The molecule has 0 saturated heterocycles. The van der Waals surface area contributed by atoms with E-state index in [1.165, 1.54) is 36.0 Å². The summed E-state index contributed by atoms with van der Waals surface area (Å²) in [5.41, 5.74) is 2.23. The van der Waals surface area contributed by atoms with Crippen LogP contribution in [0.3, 0.4) is 0 Å². The zero-order valence-corrected chi connectivity index (χ0v) is 17.8. The van der Waals surface area contributed by atoms with E-state index >= 15 is 0 Å². The fourth-order valence-electron chi connectivity index (χ4n) is 4.29. The Bertz CT molecular complexity index is 1120. The maximum Gasteiger partial charge on any atom is 0.294 e. The minimum atomic E-state index is -0.400. The highest BCUT2D eigenvalue weighted by atomic mass is 32.1. The molecule has 3 atom stereocenters. The molecule has 3 aromatic rings. The van der Waals surface area contributed by atoms with E-state index in [9.17, 15) is 14.5 Å². The average Bonchev–Trinajstić information content (AvgIpc) is 3.14. The van der Waals surface area contributed by atoms with Gasteiger partial charge >= 0.3 is 0 Å². The van der Waals surface area contributed by atoms with Crippen LogP contribution in [0.4, 0.5) is 15.8 Å². The molecule has 156 valence electrons. The van der Waals surface area contributed by atoms with Gasteiger partial charge in [-0.25, -0.2) is 9.38 Å². The van der Waals surface area contributed by atoms with E-state index in [0.29, 0.717) is 17.5 Å². The predicted octanol–water partition coefficient (Wildman–Crippen LogP) is 6.49. The maximum atomic E-state index is 13.5. The number of rotatable bonds is 4. The Hall–Kier alpha value is -2.80. The quantitative estimate of drug-likeness (QED) is 0.354. The molecule has 0 N–H and O–H groups in total. The molecule has 1 saturated carbocycles. The van der Waals surface area contributed by atoms with Gasteiger partial charge in [0.2, 0.25) is 0 Å². The van der Waals surface area contributed by atoms with Crippen LogP contribution in [0.2, 0.25) is 0 Å². The smallest absolute Gasteiger partial charge is 0.294 e. The third-order valence-corrected chi connectivity index (χ3v) is 7.01. The summed E-state index contributed by atoms with van der Waals surface area (Å²) in [6.07, 6.45) is 3.36. The van der Waals surface area contributed by atoms with Crippen molar-refractivity contribution in [2.75, 3.05) is 0 Å². The number of halogens is 1. The summed E-state index contributed by atoms with van der Waals surface area (Å²) < 4.78 is 15.7. The molecule has 5 nitrogen and oxygen atoms in total. The van der Waals surface area contributed by atoms with Crippen molar-refractivity contribution < 1.29 is 9.31 Å². The summed E-state index contributed by atoms with van der Waals surface area (Å²) in [6, 6.07) is 13.3. The summed E-state index contributed by atoms with van der Waals surface area (Å²) in [6.45, 7) is 4.54. The molecule has 0 aliphatic heterocycles. The predicted molar refractivity (Wildman–Crippen MR) is 117 cm³/mol. The normalized spacial score (nSPS) is 22.2. The van der Waals surface area contributed by atoms with Crippen molar-refractivity contribution in [3.8, 4) is 11.3 Å². The van der Waals surface area contributed by atoms with E-state index in [4.69, 9.17) is 4.99 Å². The molecular formula is C23H24FN3O2S. The number of hydrogen-bond acceptors (Lipinski definition) is 4. The highest BCUT2D eigenvalue weighted by Crippen LogP contribution is 2.39. The van der Waals surface area contributed by atoms with E-state index in [-0.39, 0.29) is 17.5 Å². The second-order valence-electron chi connectivity index (χ2n) is 7.97. The monoisotopic (exact) mass is 425 g/mol. The third kappa shape index (κ3) is 3.94. The lowest BCUT2D eigenvalue weighted by Crippen LogP contribution is -2.32. The van der Waals surface area contributed by atoms with Gasteiger partial charge in [0.1, 0.15) is 11.5 Å². The first-order chi connectivity index (χ1) is 14.5. The average molecular weight is 426 g/mol. The van der Waals surface area contributed by atoms with Crippen LogP contribution in [0.1, 0.15) is 39.2 Å². The number of hydrogen-bond donors (Lipinski definition) is 0. The Morgan fingerprint density at radius 1 is 1.13 bits per heavy atom. The van der Waals surface area contributed by atoms with Gasteiger partial charge in [0.05, 0.1) is 10.6 Å². The molecule has 30 heavy (non-hydrogen) atoms. The van der Waals surface area contributed by atoms with Crippen molar-refractivity contribution >= 4 is 22.7 Å². The van der Waals surface area contributed by atoms with Crippen LogP contribution in [0.5, 0.6) is 0 Å². The van der Waals surface area contributed by atoms with Gasteiger partial charge in [-0.1, -0.05) is 38.8 Å². The number of nitrogens with zero attached hydrogens (tertiary/aromatic N) is 3. The summed E-state index contributed by atoms with van der Waals surface area (Å²) in [5.74, 6) is 0.749. The molecule has 0 bridgehead atoms. The highest BCUT2D eigenvalue weighted by Gasteiger charge is 2.30. The van der Waals surface area contributed by atoms with Gasteiger partial charge in [-0.15, -0.1) is 11.3 Å². The third-order valence-electron chi connectivity index (χ3n) is 6.17.